The Kier molecular flexibility index (Phi) is 4.28. The molecule has 0 aromatic rings. The van der Waals surface area contributed by atoms with Crippen LogP contribution in [0.1, 0.15) is 0 Å². The molecule has 0 saturated carbocycles. The third kappa shape index (κ3) is 216. The van der Waals surface area contributed by atoms with E-state index in [-0.39, 0.29) is 11.0 Å². The predicted molar refractivity (Wildman–Crippen MR) is 32.1 cm³/mol. The molecule has 0 aliphatic rings. The summed E-state index contributed by atoms with van der Waals surface area (Å²) < 4.78 is 24.0. The molecule has 0 amide bonds. The lowest BCUT2D eigenvalue weighted by Gasteiger charge is -1.73. The summed E-state index contributed by atoms with van der Waals surface area (Å²) in [5.74, 6) is 0. The molecule has 0 spiro atoms. The Morgan fingerprint density at radius 1 is 1.50 bits per heavy atom. The van der Waals surface area contributed by atoms with Gasteiger partial charge in [-0.2, -0.15) is 4.21 Å². The average Bonchev–Trinajstić information content (AvgIpc) is 0.722. The van der Waals surface area contributed by atoms with Crippen molar-refractivity contribution in [1.82, 2.24) is 0 Å². The fourth-order valence-corrected chi connectivity index (χ4v) is 0. The van der Waals surface area contributed by atoms with Gasteiger partial charge in [0.15, 0.2) is 0 Å². The minimum atomic E-state index is -3.83. The topological polar surface area (TPSA) is 57.5 Å². The number of rotatable bonds is 0. The molecule has 0 fully saturated rings. The average molecular weight is 146 g/mol. The molecular weight excluding hydrogens is 140 g/mol. The van der Waals surface area contributed by atoms with Gasteiger partial charge in [-0.25, -0.2) is 0 Å². The van der Waals surface area contributed by atoms with Crippen molar-refractivity contribution in [2.45, 2.75) is 0 Å². The summed E-state index contributed by atoms with van der Waals surface area (Å²) in [5, 5.41) is 0. The van der Waals surface area contributed by atoms with Crippen molar-refractivity contribution in [2.75, 3.05) is 0 Å². The van der Waals surface area contributed by atoms with E-state index in [1.54, 1.807) is 0 Å². The van der Waals surface area contributed by atoms with E-state index in [2.05, 4.69) is 11.2 Å². The monoisotopic (exact) mass is 146 g/mol. The fourth-order valence-electron chi connectivity index (χ4n) is 0. The summed E-state index contributed by atoms with van der Waals surface area (Å²) in [6.45, 7) is 0. The molecule has 0 aliphatic heterocycles. The molecule has 0 saturated heterocycles. The molecule has 0 aromatic heterocycles. The van der Waals surface area contributed by atoms with Crippen LogP contribution in [0.4, 0.5) is 0 Å². The second-order valence-corrected chi connectivity index (χ2v) is 2.65. The van der Waals surface area contributed by atoms with Crippen molar-refractivity contribution < 1.29 is 13.3 Å². The van der Waals surface area contributed by atoms with Crippen LogP contribution in [0.3, 0.4) is 0 Å². The maximum atomic E-state index is 9.11. The highest BCUT2D eigenvalue weighted by atomic mass is 32.9. The Morgan fingerprint density at radius 2 is 1.50 bits per heavy atom. The molecule has 0 bridgehead atoms. The van der Waals surface area contributed by atoms with Gasteiger partial charge >= 0.3 is 0 Å². The maximum Gasteiger partial charge on any atom is 0.263 e. The standard InChI is InChI=1S/H2O3S2.H4Si/c1-5(2,3)4;/h(H2,1,2,3,4);1H4. The van der Waals surface area contributed by atoms with Crippen LogP contribution >= 0.6 is 0 Å². The van der Waals surface area contributed by atoms with Gasteiger partial charge in [0.05, 0.1) is 0 Å². The van der Waals surface area contributed by atoms with Crippen molar-refractivity contribution in [1.29, 1.82) is 0 Å². The first-order valence-corrected chi connectivity index (χ1v) is 3.10. The molecule has 6 heteroatoms. The summed E-state index contributed by atoms with van der Waals surface area (Å²) >= 11 is 3.47. The summed E-state index contributed by atoms with van der Waals surface area (Å²) in [4.78, 5) is 0. The first kappa shape index (κ1) is 9.71. The molecule has 3 nitrogen and oxygen atoms in total. The number of hydrogen-bond acceptors (Lipinski definition) is 2. The van der Waals surface area contributed by atoms with Crippen molar-refractivity contribution in [3.05, 3.63) is 0 Å². The quantitative estimate of drug-likeness (QED) is 0.397. The lowest BCUT2D eigenvalue weighted by Crippen LogP contribution is -1.86. The largest absolute Gasteiger partial charge is 0.285 e. The van der Waals surface area contributed by atoms with E-state index < -0.39 is 9.05 Å². The highest BCUT2D eigenvalue weighted by molar-refractivity contribution is 8.26. The van der Waals surface area contributed by atoms with Crippen molar-refractivity contribution in [3.8, 4) is 0 Å². The zero-order chi connectivity index (χ0) is 4.50. The molecule has 0 rings (SSSR count). The molecule has 0 aromatic carbocycles. The van der Waals surface area contributed by atoms with E-state index in [9.17, 15) is 0 Å². The van der Waals surface area contributed by atoms with Crippen LogP contribution in [-0.2, 0) is 20.2 Å². The molecule has 0 unspecified atom stereocenters. The third-order valence-corrected chi connectivity index (χ3v) is 0. The third-order valence-electron chi connectivity index (χ3n) is 0. The van der Waals surface area contributed by atoms with Gasteiger partial charge in [-0.05, 0) is 11.0 Å². The van der Waals surface area contributed by atoms with Crippen molar-refractivity contribution in [3.63, 3.8) is 0 Å². The maximum absolute atomic E-state index is 9.11. The Bertz CT molecular complexity index is 92.0. The van der Waals surface area contributed by atoms with E-state index in [1.807, 2.05) is 0 Å². The van der Waals surface area contributed by atoms with Gasteiger partial charge in [-0.3, -0.25) is 9.11 Å². The zero-order valence-electron chi connectivity index (χ0n) is 2.12. The Labute approximate surface area is 45.1 Å². The normalized spacial score (nSPS) is 9.67. The first-order chi connectivity index (χ1) is 2.00. The predicted octanol–water partition coefficient (Wildman–Crippen LogP) is -1.77. The van der Waals surface area contributed by atoms with Crippen LogP contribution in [-0.4, -0.2) is 24.3 Å². The molecule has 40 valence electrons. The smallest absolute Gasteiger partial charge is 0.263 e. The molecular formula is H6O3S2Si. The SMILES string of the molecule is O=S(O)(O)=S.[SiH4]. The van der Waals surface area contributed by atoms with Gasteiger partial charge in [0.2, 0.25) is 0 Å². The Balaban J connectivity index is 0. The minimum absolute atomic E-state index is 0. The first-order valence-electron chi connectivity index (χ1n) is 0.698. The summed E-state index contributed by atoms with van der Waals surface area (Å²) in [6, 6.07) is 0. The zero-order valence-corrected chi connectivity index (χ0v) is 3.75. The van der Waals surface area contributed by atoms with Gasteiger partial charge in [0, 0.05) is 11.2 Å². The van der Waals surface area contributed by atoms with Gasteiger partial charge in [0.25, 0.3) is 9.05 Å². The Hall–Kier alpha value is 0.507. The molecule has 0 radical (unpaired) electrons. The van der Waals surface area contributed by atoms with Crippen LogP contribution in [0.5, 0.6) is 0 Å². The molecule has 0 heterocycles. The summed E-state index contributed by atoms with van der Waals surface area (Å²) in [6.07, 6.45) is 0. The Morgan fingerprint density at radius 3 is 1.50 bits per heavy atom. The second kappa shape index (κ2) is 2.64. The highest BCUT2D eigenvalue weighted by Gasteiger charge is 1.78. The molecule has 0 aliphatic carbocycles. The van der Waals surface area contributed by atoms with Crippen LogP contribution in [0, 0.1) is 0 Å². The van der Waals surface area contributed by atoms with Crippen molar-refractivity contribution in [2.24, 2.45) is 0 Å². The van der Waals surface area contributed by atoms with Crippen LogP contribution in [0.25, 0.3) is 0 Å². The van der Waals surface area contributed by atoms with Gasteiger partial charge in [-0.15, -0.1) is 0 Å². The molecule has 0 atom stereocenters. The van der Waals surface area contributed by atoms with E-state index in [1.165, 1.54) is 0 Å². The second-order valence-electron chi connectivity index (χ2n) is 0.448. The summed E-state index contributed by atoms with van der Waals surface area (Å²) in [7, 11) is -3.83. The highest BCUT2D eigenvalue weighted by Crippen LogP contribution is 1.62. The van der Waals surface area contributed by atoms with E-state index >= 15 is 0 Å². The van der Waals surface area contributed by atoms with Gasteiger partial charge in [-0.1, -0.05) is 0 Å². The van der Waals surface area contributed by atoms with E-state index in [0.717, 1.165) is 0 Å². The lowest BCUT2D eigenvalue weighted by molar-refractivity contribution is 0.450. The van der Waals surface area contributed by atoms with E-state index in [4.69, 9.17) is 13.3 Å². The minimum Gasteiger partial charge on any atom is -0.285 e. The molecule has 6 heavy (non-hydrogen) atoms. The molecule has 2 N–H and O–H groups in total. The summed E-state index contributed by atoms with van der Waals surface area (Å²) in [5.41, 5.74) is 0. The van der Waals surface area contributed by atoms with E-state index in [0.29, 0.717) is 0 Å². The van der Waals surface area contributed by atoms with Crippen LogP contribution in [0.2, 0.25) is 0 Å². The van der Waals surface area contributed by atoms with Crippen molar-refractivity contribution >= 4 is 31.2 Å². The lowest BCUT2D eigenvalue weighted by atomic mass is 15.8. The van der Waals surface area contributed by atoms with Crippen LogP contribution in [0.15, 0.2) is 0 Å². The van der Waals surface area contributed by atoms with Gasteiger partial charge in [0.1, 0.15) is 0 Å². The van der Waals surface area contributed by atoms with Crippen LogP contribution < -0.4 is 0 Å². The fraction of sp³-hybridized carbons (Fsp3) is 0. The number of hydrogen-bond donors (Lipinski definition) is 2. The van der Waals surface area contributed by atoms with Gasteiger partial charge < -0.3 is 0 Å².